The van der Waals surface area contributed by atoms with Gasteiger partial charge < -0.3 is 16.0 Å². The Balaban J connectivity index is 1.73. The van der Waals surface area contributed by atoms with Gasteiger partial charge in [0, 0.05) is 23.4 Å². The molecule has 1 atom stereocenters. The Bertz CT molecular complexity index is 849. The predicted octanol–water partition coefficient (Wildman–Crippen LogP) is 2.65. The number of nitrogens with one attached hydrogen (secondary N) is 3. The van der Waals surface area contributed by atoms with Crippen LogP contribution in [0.15, 0.2) is 48.5 Å². The minimum Gasteiger partial charge on any atom is -0.354 e. The summed E-state index contributed by atoms with van der Waals surface area (Å²) in [5.41, 5.74) is 2.37. The zero-order valence-corrected chi connectivity index (χ0v) is 15.2. The zero-order valence-electron chi connectivity index (χ0n) is 15.2. The largest absolute Gasteiger partial charge is 0.354 e. The van der Waals surface area contributed by atoms with E-state index in [9.17, 15) is 14.4 Å². The van der Waals surface area contributed by atoms with Crippen molar-refractivity contribution in [1.82, 2.24) is 10.6 Å². The Kier molecular flexibility index (Phi) is 5.86. The average molecular weight is 365 g/mol. The normalized spacial score (nSPS) is 16.8. The van der Waals surface area contributed by atoms with Gasteiger partial charge in [-0.3, -0.25) is 14.4 Å². The third-order valence-corrected chi connectivity index (χ3v) is 4.62. The summed E-state index contributed by atoms with van der Waals surface area (Å²) in [4.78, 5) is 37.0. The van der Waals surface area contributed by atoms with Gasteiger partial charge in [-0.25, -0.2) is 0 Å². The van der Waals surface area contributed by atoms with E-state index in [1.807, 2.05) is 13.0 Å². The summed E-state index contributed by atoms with van der Waals surface area (Å²) < 4.78 is 0. The standard InChI is InChI=1S/C21H23N3O3/c1-14-10-11-16(20(26)23-17-9-5-6-12-22-21(17)27)13-18(14)24-19(25)15-7-3-2-4-8-15/h2-4,7-8,10-11,13,17H,5-6,9,12H2,1H3,(H,22,27)(H,23,26)(H,24,25). The first kappa shape index (κ1) is 18.6. The highest BCUT2D eigenvalue weighted by Gasteiger charge is 2.23. The molecule has 0 bridgehead atoms. The van der Waals surface area contributed by atoms with Gasteiger partial charge in [-0.2, -0.15) is 0 Å². The molecule has 1 heterocycles. The van der Waals surface area contributed by atoms with Crippen LogP contribution < -0.4 is 16.0 Å². The Hall–Kier alpha value is -3.15. The number of hydrogen-bond acceptors (Lipinski definition) is 3. The van der Waals surface area contributed by atoms with E-state index in [1.54, 1.807) is 42.5 Å². The molecule has 0 spiro atoms. The maximum atomic E-state index is 12.6. The molecule has 6 nitrogen and oxygen atoms in total. The molecule has 2 aromatic carbocycles. The Morgan fingerprint density at radius 2 is 1.78 bits per heavy atom. The second kappa shape index (κ2) is 8.49. The van der Waals surface area contributed by atoms with Gasteiger partial charge in [0.1, 0.15) is 6.04 Å². The lowest BCUT2D eigenvalue weighted by molar-refractivity contribution is -0.122. The lowest BCUT2D eigenvalue weighted by Gasteiger charge is -2.16. The zero-order chi connectivity index (χ0) is 19.2. The minimum absolute atomic E-state index is 0.148. The topological polar surface area (TPSA) is 87.3 Å². The van der Waals surface area contributed by atoms with Crippen molar-refractivity contribution in [3.63, 3.8) is 0 Å². The van der Waals surface area contributed by atoms with Crippen molar-refractivity contribution in [2.24, 2.45) is 0 Å². The predicted molar refractivity (Wildman–Crippen MR) is 104 cm³/mol. The highest BCUT2D eigenvalue weighted by atomic mass is 16.2. The van der Waals surface area contributed by atoms with Gasteiger partial charge in [-0.1, -0.05) is 24.3 Å². The molecule has 3 rings (SSSR count). The number of benzene rings is 2. The molecule has 1 fully saturated rings. The molecule has 1 unspecified atom stereocenters. The van der Waals surface area contributed by atoms with E-state index in [0.29, 0.717) is 29.8 Å². The first-order valence-electron chi connectivity index (χ1n) is 9.10. The van der Waals surface area contributed by atoms with Gasteiger partial charge in [-0.05, 0) is 56.0 Å². The molecule has 1 saturated heterocycles. The lowest BCUT2D eigenvalue weighted by Crippen LogP contribution is -2.45. The highest BCUT2D eigenvalue weighted by molar-refractivity contribution is 6.05. The smallest absolute Gasteiger partial charge is 0.255 e. The molecular weight excluding hydrogens is 342 g/mol. The summed E-state index contributed by atoms with van der Waals surface area (Å²) in [6.45, 7) is 2.51. The fourth-order valence-corrected chi connectivity index (χ4v) is 3.00. The molecule has 3 amide bonds. The van der Waals surface area contributed by atoms with Crippen LogP contribution in [0.3, 0.4) is 0 Å². The maximum Gasteiger partial charge on any atom is 0.255 e. The van der Waals surface area contributed by atoms with Crippen molar-refractivity contribution in [1.29, 1.82) is 0 Å². The molecule has 0 radical (unpaired) electrons. The Morgan fingerprint density at radius 3 is 2.56 bits per heavy atom. The molecule has 1 aliphatic heterocycles. The lowest BCUT2D eigenvalue weighted by atomic mass is 10.1. The second-order valence-electron chi connectivity index (χ2n) is 6.66. The van der Waals surface area contributed by atoms with Crippen LogP contribution in [0.2, 0.25) is 0 Å². The third kappa shape index (κ3) is 4.73. The summed E-state index contributed by atoms with van der Waals surface area (Å²) in [6.07, 6.45) is 2.43. The van der Waals surface area contributed by atoms with Crippen molar-refractivity contribution in [2.45, 2.75) is 32.2 Å². The van der Waals surface area contributed by atoms with Crippen LogP contribution in [0.5, 0.6) is 0 Å². The molecule has 0 aliphatic carbocycles. The summed E-state index contributed by atoms with van der Waals surface area (Å²) in [5.74, 6) is -0.711. The number of rotatable bonds is 4. The third-order valence-electron chi connectivity index (χ3n) is 4.62. The van der Waals surface area contributed by atoms with E-state index in [-0.39, 0.29) is 17.7 Å². The van der Waals surface area contributed by atoms with Crippen LogP contribution in [0.4, 0.5) is 5.69 Å². The molecule has 3 N–H and O–H groups in total. The van der Waals surface area contributed by atoms with Gasteiger partial charge in [0.05, 0.1) is 0 Å². The van der Waals surface area contributed by atoms with Crippen molar-refractivity contribution in [3.8, 4) is 0 Å². The summed E-state index contributed by atoms with van der Waals surface area (Å²) in [6, 6.07) is 13.5. The summed E-state index contributed by atoms with van der Waals surface area (Å²) in [5, 5.41) is 8.44. The molecular formula is C21H23N3O3. The van der Waals surface area contributed by atoms with E-state index < -0.39 is 6.04 Å². The van der Waals surface area contributed by atoms with Crippen LogP contribution in [-0.2, 0) is 4.79 Å². The monoisotopic (exact) mass is 365 g/mol. The molecule has 6 heteroatoms. The number of aryl methyl sites for hydroxylation is 1. The van der Waals surface area contributed by atoms with Gasteiger partial charge in [-0.15, -0.1) is 0 Å². The van der Waals surface area contributed by atoms with Crippen molar-refractivity contribution in [2.75, 3.05) is 11.9 Å². The Morgan fingerprint density at radius 1 is 1.00 bits per heavy atom. The summed E-state index contributed by atoms with van der Waals surface area (Å²) >= 11 is 0. The van der Waals surface area contributed by atoms with Gasteiger partial charge in [0.25, 0.3) is 11.8 Å². The van der Waals surface area contributed by atoms with Crippen molar-refractivity contribution >= 4 is 23.4 Å². The van der Waals surface area contributed by atoms with Gasteiger partial charge >= 0.3 is 0 Å². The van der Waals surface area contributed by atoms with Gasteiger partial charge in [0.15, 0.2) is 0 Å². The van der Waals surface area contributed by atoms with E-state index in [0.717, 1.165) is 18.4 Å². The number of anilines is 1. The molecule has 0 aromatic heterocycles. The minimum atomic E-state index is -0.524. The van der Waals surface area contributed by atoms with Crippen LogP contribution in [0, 0.1) is 6.92 Å². The molecule has 27 heavy (non-hydrogen) atoms. The van der Waals surface area contributed by atoms with Crippen molar-refractivity contribution < 1.29 is 14.4 Å². The SMILES string of the molecule is Cc1ccc(C(=O)NC2CCCCNC2=O)cc1NC(=O)c1ccccc1. The molecule has 2 aromatic rings. The number of carbonyl (C=O) groups is 3. The first-order valence-corrected chi connectivity index (χ1v) is 9.10. The molecule has 0 saturated carbocycles. The second-order valence-corrected chi connectivity index (χ2v) is 6.66. The quantitative estimate of drug-likeness (QED) is 0.778. The number of hydrogen-bond donors (Lipinski definition) is 3. The Labute approximate surface area is 158 Å². The average Bonchev–Trinajstić information content (AvgIpc) is 2.88. The molecule has 1 aliphatic rings. The maximum absolute atomic E-state index is 12.6. The van der Waals surface area contributed by atoms with Crippen LogP contribution in [0.1, 0.15) is 45.5 Å². The van der Waals surface area contributed by atoms with Crippen LogP contribution in [-0.4, -0.2) is 30.3 Å². The fourth-order valence-electron chi connectivity index (χ4n) is 3.00. The number of carbonyl (C=O) groups excluding carboxylic acids is 3. The van der Waals surface area contributed by atoms with E-state index in [2.05, 4.69) is 16.0 Å². The number of amides is 3. The molecule has 140 valence electrons. The van der Waals surface area contributed by atoms with Crippen LogP contribution in [0.25, 0.3) is 0 Å². The van der Waals surface area contributed by atoms with E-state index >= 15 is 0 Å². The summed E-state index contributed by atoms with van der Waals surface area (Å²) in [7, 11) is 0. The first-order chi connectivity index (χ1) is 13.0. The van der Waals surface area contributed by atoms with Crippen LogP contribution >= 0.6 is 0 Å². The van der Waals surface area contributed by atoms with Crippen molar-refractivity contribution in [3.05, 3.63) is 65.2 Å². The van der Waals surface area contributed by atoms with E-state index in [4.69, 9.17) is 0 Å². The van der Waals surface area contributed by atoms with E-state index in [1.165, 1.54) is 0 Å². The fraction of sp³-hybridized carbons (Fsp3) is 0.286. The highest BCUT2D eigenvalue weighted by Crippen LogP contribution is 2.18. The van der Waals surface area contributed by atoms with Gasteiger partial charge in [0.2, 0.25) is 5.91 Å².